The van der Waals surface area contributed by atoms with Crippen molar-refractivity contribution < 1.29 is 0 Å². The van der Waals surface area contributed by atoms with E-state index in [2.05, 4.69) is 66.0 Å². The fourth-order valence-electron chi connectivity index (χ4n) is 2.60. The van der Waals surface area contributed by atoms with Crippen molar-refractivity contribution in [2.24, 2.45) is 7.05 Å². The molecule has 0 radical (unpaired) electrons. The van der Waals surface area contributed by atoms with E-state index in [1.54, 1.807) is 0 Å². The van der Waals surface area contributed by atoms with Crippen LogP contribution >= 0.6 is 0 Å². The molecule has 0 amide bonds. The first kappa shape index (κ1) is 12.9. The zero-order valence-corrected chi connectivity index (χ0v) is 11.9. The summed E-state index contributed by atoms with van der Waals surface area (Å²) < 4.78 is 1.87. The van der Waals surface area contributed by atoms with E-state index in [1.807, 2.05) is 11.7 Å². The Morgan fingerprint density at radius 2 is 1.75 bits per heavy atom. The molecule has 3 rings (SSSR count). The van der Waals surface area contributed by atoms with Crippen molar-refractivity contribution in [3.63, 3.8) is 0 Å². The van der Waals surface area contributed by atoms with Gasteiger partial charge in [0.25, 0.3) is 0 Å². The summed E-state index contributed by atoms with van der Waals surface area (Å²) in [6.45, 7) is 3.77. The summed E-state index contributed by atoms with van der Waals surface area (Å²) in [5.41, 5.74) is 3.69. The molecule has 3 aromatic rings. The van der Waals surface area contributed by atoms with E-state index in [9.17, 15) is 0 Å². The monoisotopic (exact) mass is 265 g/mol. The van der Waals surface area contributed by atoms with Gasteiger partial charge in [0.2, 0.25) is 0 Å². The van der Waals surface area contributed by atoms with Crippen LogP contribution in [0.2, 0.25) is 0 Å². The van der Waals surface area contributed by atoms with E-state index in [4.69, 9.17) is 0 Å². The minimum Gasteiger partial charge on any atom is -0.308 e. The van der Waals surface area contributed by atoms with Crippen LogP contribution in [0.5, 0.6) is 0 Å². The van der Waals surface area contributed by atoms with Crippen molar-refractivity contribution in [1.29, 1.82) is 0 Å². The quantitative estimate of drug-likeness (QED) is 0.785. The highest BCUT2D eigenvalue weighted by Crippen LogP contribution is 2.18. The number of hydrogen-bond acceptors (Lipinski definition) is 2. The minimum absolute atomic E-state index is 0.850. The lowest BCUT2D eigenvalue weighted by Gasteiger charge is -2.08. The number of benzene rings is 2. The zero-order chi connectivity index (χ0) is 13.9. The summed E-state index contributed by atoms with van der Waals surface area (Å²) in [4.78, 5) is 0. The second kappa shape index (κ2) is 5.47. The molecule has 1 aromatic heterocycles. The third-order valence-electron chi connectivity index (χ3n) is 3.63. The molecule has 3 heteroatoms. The van der Waals surface area contributed by atoms with Crippen molar-refractivity contribution in [2.75, 3.05) is 0 Å². The van der Waals surface area contributed by atoms with E-state index < -0.39 is 0 Å². The van der Waals surface area contributed by atoms with Gasteiger partial charge in [0.15, 0.2) is 0 Å². The molecule has 2 aromatic carbocycles. The Balaban J connectivity index is 1.73. The molecule has 0 saturated carbocycles. The summed E-state index contributed by atoms with van der Waals surface area (Å²) in [6.07, 6.45) is 2.07. The van der Waals surface area contributed by atoms with Crippen LogP contribution in [0.15, 0.2) is 48.7 Å². The SMILES string of the molecule is Cc1nn(C)cc1CNCc1cccc2ccccc12. The highest BCUT2D eigenvalue weighted by Gasteiger charge is 2.03. The summed E-state index contributed by atoms with van der Waals surface area (Å²) in [6, 6.07) is 15.0. The van der Waals surface area contributed by atoms with Crippen LogP contribution in [0.4, 0.5) is 0 Å². The standard InChI is InChI=1S/C17H19N3/c1-13-16(12-20(2)19-13)11-18-10-15-8-5-7-14-6-3-4-9-17(14)15/h3-9,12,18H,10-11H2,1-2H3. The van der Waals surface area contributed by atoms with E-state index in [0.29, 0.717) is 0 Å². The van der Waals surface area contributed by atoms with Gasteiger partial charge in [0, 0.05) is 31.9 Å². The van der Waals surface area contributed by atoms with E-state index >= 15 is 0 Å². The minimum atomic E-state index is 0.850. The van der Waals surface area contributed by atoms with Gasteiger partial charge in [-0.15, -0.1) is 0 Å². The molecule has 20 heavy (non-hydrogen) atoms. The number of fused-ring (bicyclic) bond motifs is 1. The molecular formula is C17H19N3. The molecule has 0 fully saturated rings. The average molecular weight is 265 g/mol. The smallest absolute Gasteiger partial charge is 0.0638 e. The maximum atomic E-state index is 4.36. The van der Waals surface area contributed by atoms with E-state index in [0.717, 1.165) is 18.8 Å². The zero-order valence-electron chi connectivity index (χ0n) is 11.9. The number of rotatable bonds is 4. The van der Waals surface area contributed by atoms with E-state index in [-0.39, 0.29) is 0 Å². The fraction of sp³-hybridized carbons (Fsp3) is 0.235. The second-order valence-electron chi connectivity index (χ2n) is 5.16. The summed E-state index contributed by atoms with van der Waals surface area (Å²) >= 11 is 0. The molecule has 0 saturated heterocycles. The molecule has 0 unspecified atom stereocenters. The van der Waals surface area contributed by atoms with Crippen molar-refractivity contribution in [2.45, 2.75) is 20.0 Å². The first-order valence-electron chi connectivity index (χ1n) is 6.90. The molecule has 0 atom stereocenters. The van der Waals surface area contributed by atoms with E-state index in [1.165, 1.54) is 21.9 Å². The van der Waals surface area contributed by atoms with Gasteiger partial charge in [-0.2, -0.15) is 5.10 Å². The van der Waals surface area contributed by atoms with Gasteiger partial charge < -0.3 is 5.32 Å². The molecule has 3 nitrogen and oxygen atoms in total. The molecule has 0 aliphatic carbocycles. The summed E-state index contributed by atoms with van der Waals surface area (Å²) in [5, 5.41) is 10.5. The van der Waals surface area contributed by atoms with Crippen LogP contribution in [-0.2, 0) is 20.1 Å². The normalized spacial score (nSPS) is 11.1. The van der Waals surface area contributed by atoms with Gasteiger partial charge in [-0.05, 0) is 23.3 Å². The van der Waals surface area contributed by atoms with Crippen LogP contribution in [0.25, 0.3) is 10.8 Å². The van der Waals surface area contributed by atoms with Crippen LogP contribution < -0.4 is 5.32 Å². The van der Waals surface area contributed by atoms with Crippen molar-refractivity contribution in [1.82, 2.24) is 15.1 Å². The first-order chi connectivity index (χ1) is 9.74. The lowest BCUT2D eigenvalue weighted by Crippen LogP contribution is -2.13. The Hall–Kier alpha value is -2.13. The molecule has 0 aliphatic rings. The Labute approximate surface area is 119 Å². The van der Waals surface area contributed by atoms with Gasteiger partial charge >= 0.3 is 0 Å². The maximum absolute atomic E-state index is 4.36. The van der Waals surface area contributed by atoms with Crippen LogP contribution in [0.3, 0.4) is 0 Å². The molecule has 0 bridgehead atoms. The summed E-state index contributed by atoms with van der Waals surface area (Å²) in [7, 11) is 1.96. The second-order valence-corrected chi connectivity index (χ2v) is 5.16. The molecule has 0 aliphatic heterocycles. The number of aromatic nitrogens is 2. The third-order valence-corrected chi connectivity index (χ3v) is 3.63. The third kappa shape index (κ3) is 2.58. The lowest BCUT2D eigenvalue weighted by atomic mass is 10.0. The van der Waals surface area contributed by atoms with Crippen molar-refractivity contribution in [3.8, 4) is 0 Å². The maximum Gasteiger partial charge on any atom is 0.0638 e. The Morgan fingerprint density at radius 1 is 1.00 bits per heavy atom. The number of nitrogens with one attached hydrogen (secondary N) is 1. The van der Waals surface area contributed by atoms with Crippen LogP contribution in [0.1, 0.15) is 16.8 Å². The number of nitrogens with zero attached hydrogens (tertiary/aromatic N) is 2. The lowest BCUT2D eigenvalue weighted by molar-refractivity contribution is 0.693. The number of aryl methyl sites for hydroxylation is 2. The van der Waals surface area contributed by atoms with Gasteiger partial charge in [-0.1, -0.05) is 42.5 Å². The van der Waals surface area contributed by atoms with Gasteiger partial charge in [0.1, 0.15) is 0 Å². The van der Waals surface area contributed by atoms with Gasteiger partial charge in [-0.25, -0.2) is 0 Å². The predicted octanol–water partition coefficient (Wildman–Crippen LogP) is 3.17. The fourth-order valence-corrected chi connectivity index (χ4v) is 2.60. The summed E-state index contributed by atoms with van der Waals surface area (Å²) in [5.74, 6) is 0. The Kier molecular flexibility index (Phi) is 3.52. The Morgan fingerprint density at radius 3 is 2.55 bits per heavy atom. The molecule has 102 valence electrons. The van der Waals surface area contributed by atoms with Crippen molar-refractivity contribution in [3.05, 3.63) is 65.5 Å². The molecule has 0 spiro atoms. The van der Waals surface area contributed by atoms with Crippen LogP contribution in [-0.4, -0.2) is 9.78 Å². The molecular weight excluding hydrogens is 246 g/mol. The largest absolute Gasteiger partial charge is 0.308 e. The highest BCUT2D eigenvalue weighted by atomic mass is 15.2. The predicted molar refractivity (Wildman–Crippen MR) is 82.4 cm³/mol. The molecule has 1 heterocycles. The van der Waals surface area contributed by atoms with Gasteiger partial charge in [-0.3, -0.25) is 4.68 Å². The van der Waals surface area contributed by atoms with Gasteiger partial charge in [0.05, 0.1) is 5.69 Å². The topological polar surface area (TPSA) is 29.9 Å². The van der Waals surface area contributed by atoms with Crippen LogP contribution in [0, 0.1) is 6.92 Å². The molecule has 1 N–H and O–H groups in total. The number of hydrogen-bond donors (Lipinski definition) is 1. The first-order valence-corrected chi connectivity index (χ1v) is 6.90. The Bertz CT molecular complexity index is 723. The van der Waals surface area contributed by atoms with Crippen molar-refractivity contribution >= 4 is 10.8 Å². The highest BCUT2D eigenvalue weighted by molar-refractivity contribution is 5.85. The average Bonchev–Trinajstić information content (AvgIpc) is 2.77.